The number of nitrogens with two attached hydrogens (primary N) is 2. The van der Waals surface area contributed by atoms with Gasteiger partial charge in [-0.3, -0.25) is 9.11 Å². The molecule has 6 rings (SSSR count). The van der Waals surface area contributed by atoms with E-state index in [-0.39, 0.29) is 116 Å². The van der Waals surface area contributed by atoms with Gasteiger partial charge in [-0.15, -0.1) is 15.3 Å². The number of fused-ring (bicyclic) bond motifs is 2. The number of nitrogen functional groups attached to an aromatic ring is 2. The van der Waals surface area contributed by atoms with Gasteiger partial charge in [0.1, 0.15) is 21.2 Å². The van der Waals surface area contributed by atoms with E-state index in [9.17, 15) is 36.2 Å². The van der Waals surface area contributed by atoms with E-state index in [1.807, 2.05) is 0 Å². The topological polar surface area (TPSA) is 266 Å². The van der Waals surface area contributed by atoms with Crippen molar-refractivity contribution in [3.63, 3.8) is 0 Å². The summed E-state index contributed by atoms with van der Waals surface area (Å²) < 4.78 is 73.9. The Morgan fingerprint density at radius 3 is 1.57 bits per heavy atom. The van der Waals surface area contributed by atoms with Crippen molar-refractivity contribution in [1.82, 2.24) is 0 Å². The second-order valence-electron chi connectivity index (χ2n) is 11.1. The van der Waals surface area contributed by atoms with Gasteiger partial charge < -0.3 is 26.4 Å². The van der Waals surface area contributed by atoms with Gasteiger partial charge in [-0.05, 0) is 100 Å². The summed E-state index contributed by atoms with van der Waals surface area (Å²) in [7, 11) is -9.69. The van der Waals surface area contributed by atoms with Gasteiger partial charge in [0.25, 0.3) is 20.2 Å². The first-order valence-corrected chi connectivity index (χ1v) is 17.7. The number of ether oxygens (including phenoxy) is 1. The first kappa shape index (κ1) is 41.6. The molecule has 19 heteroatoms. The van der Waals surface area contributed by atoms with E-state index in [2.05, 4.69) is 20.5 Å². The fraction of sp³-hybridized carbons (Fsp3) is 0.0588. The van der Waals surface area contributed by atoms with Gasteiger partial charge in [0.2, 0.25) is 0 Å². The molecule has 0 aliphatic rings. The van der Waals surface area contributed by atoms with Gasteiger partial charge >= 0.3 is 59.1 Å². The molecule has 53 heavy (non-hydrogen) atoms. The van der Waals surface area contributed by atoms with Gasteiger partial charge in [0.15, 0.2) is 0 Å². The molecule has 0 bridgehead atoms. The number of nitrogens with zero attached hydrogens (tertiary/aromatic N) is 4. The Hall–Kier alpha value is -4.14. The molecular weight excluding hydrogens is 747 g/mol. The molecule has 6 aromatic rings. The Bertz CT molecular complexity index is 2660. The monoisotopic (exact) mass is 772 g/mol. The maximum atomic E-state index is 13.2. The first-order valence-electron chi connectivity index (χ1n) is 14.9. The average Bonchev–Trinajstić information content (AvgIpc) is 3.07. The zero-order valence-electron chi connectivity index (χ0n) is 28.4. The van der Waals surface area contributed by atoms with E-state index >= 15 is 0 Å². The van der Waals surface area contributed by atoms with Gasteiger partial charge in [-0.1, -0.05) is 41.8 Å². The van der Waals surface area contributed by atoms with Crippen molar-refractivity contribution >= 4 is 75.9 Å². The van der Waals surface area contributed by atoms with Crippen LogP contribution in [0.5, 0.6) is 17.2 Å². The number of rotatable bonds is 9. The Morgan fingerprint density at radius 1 is 0.623 bits per heavy atom. The van der Waals surface area contributed by atoms with E-state index in [1.165, 1.54) is 42.5 Å². The smallest absolute Gasteiger partial charge is 0.871 e. The average molecular weight is 773 g/mol. The largest absolute Gasteiger partial charge is 1.00 e. The fourth-order valence-electron chi connectivity index (χ4n) is 5.25. The normalized spacial score (nSPS) is 11.9. The van der Waals surface area contributed by atoms with Crippen molar-refractivity contribution in [2.75, 3.05) is 18.1 Å². The quantitative estimate of drug-likeness (QED) is 0.0688. The van der Waals surface area contributed by atoms with Crippen LogP contribution in [0, 0.1) is 0 Å². The fourth-order valence-corrected chi connectivity index (χ4v) is 6.56. The molecule has 6 N–H and O–H groups in total. The third-order valence-electron chi connectivity index (χ3n) is 7.65. The van der Waals surface area contributed by atoms with Crippen LogP contribution in [0.1, 0.15) is 6.92 Å². The Morgan fingerprint density at radius 2 is 1.09 bits per heavy atom. The molecule has 0 aliphatic heterocycles. The first-order chi connectivity index (χ1) is 24.1. The van der Waals surface area contributed by atoms with Crippen LogP contribution >= 0.6 is 0 Å². The molecular formula is C34H26N6Na2O9S2. The molecule has 0 unspecified atom stereocenters. The molecule has 0 fully saturated rings. The molecule has 0 heterocycles. The third-order valence-corrected chi connectivity index (χ3v) is 9.39. The zero-order valence-corrected chi connectivity index (χ0v) is 34.0. The van der Waals surface area contributed by atoms with Crippen LogP contribution in [-0.4, -0.2) is 32.5 Å². The number of azo groups is 2. The molecule has 6 aromatic carbocycles. The van der Waals surface area contributed by atoms with Gasteiger partial charge in [-0.2, -0.15) is 21.9 Å². The van der Waals surface area contributed by atoms with Crippen molar-refractivity contribution in [3.8, 4) is 28.4 Å². The van der Waals surface area contributed by atoms with Crippen LogP contribution < -0.4 is 85.5 Å². The van der Waals surface area contributed by atoms with Crippen LogP contribution in [0.15, 0.2) is 121 Å². The van der Waals surface area contributed by atoms with Crippen molar-refractivity contribution in [1.29, 1.82) is 0 Å². The van der Waals surface area contributed by atoms with Crippen LogP contribution in [0.2, 0.25) is 0 Å². The van der Waals surface area contributed by atoms with Gasteiger partial charge in [0.05, 0.1) is 23.7 Å². The van der Waals surface area contributed by atoms with E-state index in [1.54, 1.807) is 43.3 Å². The van der Waals surface area contributed by atoms with Crippen LogP contribution in [0.25, 0.3) is 32.7 Å². The predicted molar refractivity (Wildman–Crippen MR) is 187 cm³/mol. The van der Waals surface area contributed by atoms with Gasteiger partial charge in [-0.25, -0.2) is 0 Å². The third kappa shape index (κ3) is 8.98. The number of hydrogen-bond donors (Lipinski definition) is 4. The Labute approximate surface area is 347 Å². The van der Waals surface area contributed by atoms with E-state index in [4.69, 9.17) is 16.2 Å². The van der Waals surface area contributed by atoms with E-state index < -0.39 is 52.9 Å². The summed E-state index contributed by atoms with van der Waals surface area (Å²) in [4.78, 5) is -1.41. The predicted octanol–water partition coefficient (Wildman–Crippen LogP) is 0.703. The molecule has 0 spiro atoms. The summed E-state index contributed by atoms with van der Waals surface area (Å²) in [6, 6.07) is 22.2. The van der Waals surface area contributed by atoms with Crippen LogP contribution in [0.4, 0.5) is 34.1 Å². The summed E-state index contributed by atoms with van der Waals surface area (Å²) in [5.41, 5.74) is 12.7. The minimum atomic E-state index is -4.86. The van der Waals surface area contributed by atoms with Crippen molar-refractivity contribution < 1.29 is 100 Å². The maximum absolute atomic E-state index is 13.2. The second kappa shape index (κ2) is 16.5. The Kier molecular flexibility index (Phi) is 12.9. The summed E-state index contributed by atoms with van der Waals surface area (Å²) in [5, 5.41) is 42.9. The second-order valence-corrected chi connectivity index (χ2v) is 13.9. The molecule has 0 aromatic heterocycles. The molecule has 0 radical (unpaired) electrons. The summed E-state index contributed by atoms with van der Waals surface area (Å²) >= 11 is 0. The van der Waals surface area contributed by atoms with Crippen LogP contribution in [0.3, 0.4) is 0 Å². The molecule has 0 atom stereocenters. The summed E-state index contributed by atoms with van der Waals surface area (Å²) in [6.07, 6.45) is 0. The molecule has 0 aliphatic carbocycles. The molecule has 15 nitrogen and oxygen atoms in total. The molecule has 0 amide bonds. The number of benzene rings is 6. The summed E-state index contributed by atoms with van der Waals surface area (Å²) in [5.74, 6) is -1.33. The van der Waals surface area contributed by atoms with Crippen molar-refractivity contribution in [2.45, 2.75) is 16.7 Å². The van der Waals surface area contributed by atoms with Crippen LogP contribution in [-0.2, 0) is 20.2 Å². The standard InChI is InChI=1S/C34H28N6O9S2.2Na/c1-2-49-28-13-19(7-12-27(28)38-40-32-30(51(46,47)48)15-21-4-9-23(36)17-26(21)34(32)42)18-5-10-24(11-6-18)37-39-31-29(50(43,44)45)14-20-3-8-22(35)16-25(20)33(31)41;;/h3-17,41-42H,2,35-36H2,1H3,(H,43,44,45)(H,46,47,48);;/q;2*+1/p-2. The molecule has 0 saturated heterocycles. The number of hydrogen-bond acceptors (Lipinski definition) is 13. The minimum Gasteiger partial charge on any atom is -0.871 e. The Balaban J connectivity index is 0.00000314. The molecule has 0 saturated carbocycles. The van der Waals surface area contributed by atoms with Crippen molar-refractivity contribution in [3.05, 3.63) is 91.0 Å². The minimum absolute atomic E-state index is 0. The SMILES string of the molecule is CCOc1cc(-c2ccc(N=Nc3c(S(=O)(=O)O)cc4ccc(N)cc4c3[O-])cc2)ccc1N=Nc1c(S(=O)(=O)O)cc2ccc(N)cc2c1[O-].[Na+].[Na+]. The summed E-state index contributed by atoms with van der Waals surface area (Å²) in [6.45, 7) is 1.96. The van der Waals surface area contributed by atoms with E-state index in [0.29, 0.717) is 11.1 Å². The zero-order chi connectivity index (χ0) is 36.7. The van der Waals surface area contributed by atoms with Gasteiger partial charge in [0, 0.05) is 11.4 Å². The maximum Gasteiger partial charge on any atom is 1.00 e. The molecule has 260 valence electrons. The van der Waals surface area contributed by atoms with E-state index in [0.717, 1.165) is 12.1 Å². The number of anilines is 2. The van der Waals surface area contributed by atoms with Crippen molar-refractivity contribution in [2.24, 2.45) is 20.5 Å².